The number of unbranched alkanes of at least 4 members (excludes halogenated alkanes) is 1. The van der Waals surface area contributed by atoms with Crippen LogP contribution in [0.2, 0.25) is 5.02 Å². The molecule has 1 saturated heterocycles. The van der Waals surface area contributed by atoms with Gasteiger partial charge in [-0.15, -0.1) is 0 Å². The Bertz CT molecular complexity index is 1290. The van der Waals surface area contributed by atoms with Crippen LogP contribution in [0.25, 0.3) is 10.9 Å². The first-order chi connectivity index (χ1) is 17.4. The smallest absolute Gasteiger partial charge is 0.293 e. The number of fused-ring (bicyclic) bond motifs is 1. The molecule has 0 spiro atoms. The van der Waals surface area contributed by atoms with Crippen molar-refractivity contribution < 1.29 is 9.53 Å². The SMILES string of the molecule is CCCCn1c(=O)c(OCC(=O)CC)cc2cc(Nc3nc(N4CCC[C@H](C)C4)ncc3Cl)ccc21. The van der Waals surface area contributed by atoms with Crippen molar-refractivity contribution in [3.05, 3.63) is 45.8 Å². The maximum Gasteiger partial charge on any atom is 0.293 e. The number of benzene rings is 1. The minimum Gasteiger partial charge on any atom is -0.480 e. The molecule has 1 atom stereocenters. The van der Waals surface area contributed by atoms with E-state index in [0.29, 0.717) is 35.7 Å². The number of Topliss-reactive ketones (excluding diaryl/α,β-unsaturated/α-hetero) is 1. The van der Waals surface area contributed by atoms with Gasteiger partial charge in [-0.2, -0.15) is 4.98 Å². The summed E-state index contributed by atoms with van der Waals surface area (Å²) >= 11 is 6.44. The van der Waals surface area contributed by atoms with E-state index in [0.717, 1.165) is 48.9 Å². The van der Waals surface area contributed by atoms with Gasteiger partial charge in [0.15, 0.2) is 17.4 Å². The van der Waals surface area contributed by atoms with Crippen LogP contribution in [0.4, 0.5) is 17.5 Å². The lowest BCUT2D eigenvalue weighted by Crippen LogP contribution is -2.35. The predicted octanol–water partition coefficient (Wildman–Crippen LogP) is 5.58. The zero-order chi connectivity index (χ0) is 25.7. The Kier molecular flexibility index (Phi) is 8.46. The number of carbonyl (C=O) groups is 1. The Balaban J connectivity index is 1.66. The van der Waals surface area contributed by atoms with Crippen molar-refractivity contribution in [1.29, 1.82) is 0 Å². The van der Waals surface area contributed by atoms with E-state index >= 15 is 0 Å². The van der Waals surface area contributed by atoms with E-state index in [2.05, 4.69) is 29.0 Å². The number of ketones is 1. The summed E-state index contributed by atoms with van der Waals surface area (Å²) in [6.07, 6.45) is 6.15. The molecule has 0 unspecified atom stereocenters. The molecule has 1 aromatic carbocycles. The second-order valence-corrected chi connectivity index (χ2v) is 9.87. The van der Waals surface area contributed by atoms with Crippen LogP contribution >= 0.6 is 11.6 Å². The van der Waals surface area contributed by atoms with Crippen molar-refractivity contribution in [3.63, 3.8) is 0 Å². The quantitative estimate of drug-likeness (QED) is 0.380. The number of pyridine rings is 1. The van der Waals surface area contributed by atoms with Crippen molar-refractivity contribution in [1.82, 2.24) is 14.5 Å². The molecule has 0 saturated carbocycles. The van der Waals surface area contributed by atoms with E-state index in [-0.39, 0.29) is 23.7 Å². The van der Waals surface area contributed by atoms with Crippen molar-refractivity contribution in [2.24, 2.45) is 5.92 Å². The van der Waals surface area contributed by atoms with Gasteiger partial charge in [0.25, 0.3) is 5.56 Å². The molecule has 0 amide bonds. The molecule has 0 radical (unpaired) electrons. The zero-order valence-corrected chi connectivity index (χ0v) is 22.0. The normalized spacial score (nSPS) is 15.8. The van der Waals surface area contributed by atoms with Gasteiger partial charge in [0.1, 0.15) is 11.6 Å². The molecule has 9 heteroatoms. The van der Waals surface area contributed by atoms with Crippen LogP contribution in [0, 0.1) is 5.92 Å². The third-order valence-corrected chi connectivity index (χ3v) is 6.79. The Morgan fingerprint density at radius 2 is 2.11 bits per heavy atom. The molecule has 2 aromatic heterocycles. The molecule has 4 rings (SSSR count). The first-order valence-corrected chi connectivity index (χ1v) is 13.1. The molecule has 36 heavy (non-hydrogen) atoms. The van der Waals surface area contributed by atoms with Gasteiger partial charge in [-0.25, -0.2) is 4.98 Å². The number of halogens is 1. The van der Waals surface area contributed by atoms with Gasteiger partial charge in [-0.1, -0.05) is 38.8 Å². The van der Waals surface area contributed by atoms with Gasteiger partial charge < -0.3 is 19.5 Å². The average molecular weight is 512 g/mol. The number of anilines is 3. The summed E-state index contributed by atoms with van der Waals surface area (Å²) in [5.41, 5.74) is 1.36. The molecule has 3 heterocycles. The van der Waals surface area contributed by atoms with Crippen LogP contribution in [0.1, 0.15) is 52.9 Å². The molecule has 8 nitrogen and oxygen atoms in total. The monoisotopic (exact) mass is 511 g/mol. The number of aryl methyl sites for hydroxylation is 1. The van der Waals surface area contributed by atoms with Gasteiger partial charge in [-0.3, -0.25) is 9.59 Å². The van der Waals surface area contributed by atoms with Crippen LogP contribution in [0.3, 0.4) is 0 Å². The number of rotatable bonds is 10. The van der Waals surface area contributed by atoms with E-state index in [1.807, 2.05) is 18.2 Å². The van der Waals surface area contributed by atoms with E-state index < -0.39 is 0 Å². The summed E-state index contributed by atoms with van der Waals surface area (Å²) in [6.45, 7) is 8.42. The van der Waals surface area contributed by atoms with Crippen LogP contribution < -0.4 is 20.5 Å². The summed E-state index contributed by atoms with van der Waals surface area (Å²) in [7, 11) is 0. The lowest BCUT2D eigenvalue weighted by Gasteiger charge is -2.31. The number of nitrogens with one attached hydrogen (secondary N) is 1. The molecule has 0 bridgehead atoms. The molecule has 1 fully saturated rings. The summed E-state index contributed by atoms with van der Waals surface area (Å²) in [6, 6.07) is 7.47. The largest absolute Gasteiger partial charge is 0.480 e. The molecule has 3 aromatic rings. The van der Waals surface area contributed by atoms with E-state index in [1.54, 1.807) is 23.8 Å². The highest BCUT2D eigenvalue weighted by Gasteiger charge is 2.20. The average Bonchev–Trinajstić information content (AvgIpc) is 2.88. The molecule has 1 aliphatic heterocycles. The van der Waals surface area contributed by atoms with E-state index in [4.69, 9.17) is 21.3 Å². The van der Waals surface area contributed by atoms with Crippen LogP contribution in [0.5, 0.6) is 5.75 Å². The topological polar surface area (TPSA) is 89.3 Å². The highest BCUT2D eigenvalue weighted by Crippen LogP contribution is 2.29. The summed E-state index contributed by atoms with van der Waals surface area (Å²) in [4.78, 5) is 36.2. The number of aromatic nitrogens is 3. The van der Waals surface area contributed by atoms with Gasteiger partial charge in [0, 0.05) is 37.1 Å². The van der Waals surface area contributed by atoms with E-state index in [9.17, 15) is 9.59 Å². The number of piperidine rings is 1. The molecule has 192 valence electrons. The Hall–Kier alpha value is -3.13. The molecular weight excluding hydrogens is 478 g/mol. The highest BCUT2D eigenvalue weighted by atomic mass is 35.5. The molecular formula is C27H34ClN5O3. The number of hydrogen-bond donors (Lipinski definition) is 1. The van der Waals surface area contributed by atoms with Gasteiger partial charge >= 0.3 is 0 Å². The second kappa shape index (κ2) is 11.7. The minimum absolute atomic E-state index is 0.0534. The van der Waals surface area contributed by atoms with E-state index in [1.165, 1.54) is 6.42 Å². The minimum atomic E-state index is -0.222. The number of hydrogen-bond acceptors (Lipinski definition) is 7. The fraction of sp³-hybridized carbons (Fsp3) is 0.481. The van der Waals surface area contributed by atoms with Crippen LogP contribution in [-0.4, -0.2) is 40.0 Å². The lowest BCUT2D eigenvalue weighted by molar-refractivity contribution is -0.120. The second-order valence-electron chi connectivity index (χ2n) is 9.46. The van der Waals surface area contributed by atoms with Gasteiger partial charge in [0.05, 0.1) is 11.7 Å². The first kappa shape index (κ1) is 25.9. The fourth-order valence-corrected chi connectivity index (χ4v) is 4.58. The fourth-order valence-electron chi connectivity index (χ4n) is 4.45. The number of ether oxygens (including phenoxy) is 1. The molecule has 1 N–H and O–H groups in total. The lowest BCUT2D eigenvalue weighted by atomic mass is 10.0. The Morgan fingerprint density at radius 3 is 2.86 bits per heavy atom. The first-order valence-electron chi connectivity index (χ1n) is 12.8. The van der Waals surface area contributed by atoms with Crippen molar-refractivity contribution in [2.75, 3.05) is 29.9 Å². The van der Waals surface area contributed by atoms with Crippen LogP contribution in [0.15, 0.2) is 35.3 Å². The summed E-state index contributed by atoms with van der Waals surface area (Å²) in [5, 5.41) is 4.57. The van der Waals surface area contributed by atoms with Gasteiger partial charge in [-0.05, 0) is 49.4 Å². The van der Waals surface area contributed by atoms with Crippen molar-refractivity contribution in [3.8, 4) is 5.75 Å². The summed E-state index contributed by atoms with van der Waals surface area (Å²) in [5.74, 6) is 1.92. The summed E-state index contributed by atoms with van der Waals surface area (Å²) < 4.78 is 7.36. The Labute approximate surface area is 216 Å². The highest BCUT2D eigenvalue weighted by molar-refractivity contribution is 6.32. The van der Waals surface area contributed by atoms with Crippen LogP contribution in [-0.2, 0) is 11.3 Å². The standard InChI is InChI=1S/C27H34ClN5O3/c1-4-6-12-33-23-10-9-20(13-19(23)14-24(26(33)35)36-17-21(34)5-2)30-25-22(28)15-29-27(31-25)32-11-7-8-18(3)16-32/h9-10,13-15,18H,4-8,11-12,16-17H2,1-3H3,(H,29,30,31)/t18-/m0/s1. The number of nitrogens with zero attached hydrogens (tertiary/aromatic N) is 4. The van der Waals surface area contributed by atoms with Crippen molar-refractivity contribution >= 4 is 45.7 Å². The Morgan fingerprint density at radius 1 is 1.28 bits per heavy atom. The van der Waals surface area contributed by atoms with Crippen molar-refractivity contribution in [2.45, 2.75) is 59.4 Å². The third-order valence-electron chi connectivity index (χ3n) is 6.51. The number of carbonyl (C=O) groups excluding carboxylic acids is 1. The van der Waals surface area contributed by atoms with Gasteiger partial charge in [0.2, 0.25) is 5.95 Å². The molecule has 0 aliphatic carbocycles. The third kappa shape index (κ3) is 5.98. The predicted molar refractivity (Wildman–Crippen MR) is 145 cm³/mol. The maximum atomic E-state index is 13.1. The molecule has 1 aliphatic rings. The maximum absolute atomic E-state index is 13.1. The zero-order valence-electron chi connectivity index (χ0n) is 21.2.